The number of carbonyl (C=O) groups excluding carboxylic acids is 1. The fraction of sp³-hybridized carbons (Fsp3) is 0.211. The maximum atomic E-state index is 13.3. The number of amides is 1. The Morgan fingerprint density at radius 2 is 1.77 bits per heavy atom. The first-order valence-electron chi connectivity index (χ1n) is 8.37. The Hall–Kier alpha value is -1.96. The number of hydrogen-bond donors (Lipinski definition) is 1. The Morgan fingerprint density at radius 1 is 1.00 bits per heavy atom. The van der Waals surface area contributed by atoms with Crippen LogP contribution in [0.3, 0.4) is 0 Å². The predicted octanol–water partition coefficient (Wildman–Crippen LogP) is 4.77. The van der Waals surface area contributed by atoms with E-state index in [-0.39, 0.29) is 15.7 Å². The van der Waals surface area contributed by atoms with Crippen molar-refractivity contribution in [1.29, 1.82) is 0 Å². The molecule has 0 aliphatic heterocycles. The summed E-state index contributed by atoms with van der Waals surface area (Å²) in [4.78, 5) is 14.7. The topological polar surface area (TPSA) is 63.2 Å². The summed E-state index contributed by atoms with van der Waals surface area (Å²) in [5, 5.41) is 5.13. The first-order chi connectivity index (χ1) is 12.6. The van der Waals surface area contributed by atoms with Crippen LogP contribution in [0.1, 0.15) is 33.0 Å². The van der Waals surface area contributed by atoms with Gasteiger partial charge in [0.15, 0.2) is 0 Å². The van der Waals surface area contributed by atoms with Crippen molar-refractivity contribution in [2.45, 2.75) is 35.5 Å². The Kier molecular flexibility index (Phi) is 4.69. The fourth-order valence-electron chi connectivity index (χ4n) is 3.19. The monoisotopic (exact) mass is 403 g/mol. The number of nitrogens with one attached hydrogen (secondary N) is 1. The molecule has 134 valence electrons. The van der Waals surface area contributed by atoms with Crippen LogP contribution >= 0.6 is 22.7 Å². The summed E-state index contributed by atoms with van der Waals surface area (Å²) in [6, 6.07) is 12.0. The molecule has 1 N–H and O–H groups in total. The zero-order valence-corrected chi connectivity index (χ0v) is 16.3. The normalized spacial score (nSPS) is 14.0. The summed E-state index contributed by atoms with van der Waals surface area (Å²) in [6.45, 7) is 0. The third kappa shape index (κ3) is 3.11. The second-order valence-corrected chi connectivity index (χ2v) is 10.1. The molecule has 0 spiro atoms. The van der Waals surface area contributed by atoms with Gasteiger partial charge < -0.3 is 5.32 Å². The highest BCUT2D eigenvalue weighted by atomic mass is 32.2. The Labute approximate surface area is 160 Å². The van der Waals surface area contributed by atoms with Crippen LogP contribution in [0.2, 0.25) is 0 Å². The number of fused-ring (bicyclic) bond motifs is 1. The Morgan fingerprint density at radius 3 is 2.50 bits per heavy atom. The standard InChI is InChI=1S/C19H17NO3S3/c21-18(16-11-6-12-24-16)20-19-17(14-9-4-5-10-15(14)25-19)26(22,23)13-7-2-1-3-8-13/h1-3,6-8,11-12H,4-5,9-10H2,(H,20,21). The van der Waals surface area contributed by atoms with E-state index in [4.69, 9.17) is 0 Å². The van der Waals surface area contributed by atoms with E-state index in [1.165, 1.54) is 22.7 Å². The zero-order valence-electron chi connectivity index (χ0n) is 13.9. The molecule has 0 fully saturated rings. The Balaban J connectivity index is 1.82. The largest absolute Gasteiger partial charge is 0.312 e. The highest BCUT2D eigenvalue weighted by Crippen LogP contribution is 2.43. The van der Waals surface area contributed by atoms with Gasteiger partial charge in [-0.25, -0.2) is 8.42 Å². The average molecular weight is 404 g/mol. The van der Waals surface area contributed by atoms with Crippen molar-refractivity contribution < 1.29 is 13.2 Å². The van der Waals surface area contributed by atoms with Crippen LogP contribution in [0.4, 0.5) is 5.00 Å². The first kappa shape index (κ1) is 17.5. The van der Waals surface area contributed by atoms with Gasteiger partial charge in [0.25, 0.3) is 5.91 Å². The molecule has 7 heteroatoms. The van der Waals surface area contributed by atoms with Crippen molar-refractivity contribution in [3.05, 3.63) is 63.2 Å². The van der Waals surface area contributed by atoms with Crippen molar-refractivity contribution >= 4 is 43.4 Å². The van der Waals surface area contributed by atoms with Crippen molar-refractivity contribution in [3.8, 4) is 0 Å². The van der Waals surface area contributed by atoms with Crippen LogP contribution in [0.25, 0.3) is 0 Å². The van der Waals surface area contributed by atoms with Crippen molar-refractivity contribution in [2.75, 3.05) is 5.32 Å². The van der Waals surface area contributed by atoms with Crippen molar-refractivity contribution in [2.24, 2.45) is 0 Å². The second kappa shape index (κ2) is 6.98. The van der Waals surface area contributed by atoms with Crippen LogP contribution in [0.15, 0.2) is 57.6 Å². The molecule has 4 rings (SSSR count). The lowest BCUT2D eigenvalue weighted by molar-refractivity contribution is 0.103. The van der Waals surface area contributed by atoms with Gasteiger partial charge in [0, 0.05) is 4.88 Å². The van der Waals surface area contributed by atoms with Crippen LogP contribution in [0, 0.1) is 0 Å². The molecule has 1 aliphatic carbocycles. The number of thiophene rings is 2. The smallest absolute Gasteiger partial charge is 0.266 e. The molecule has 26 heavy (non-hydrogen) atoms. The van der Waals surface area contributed by atoms with Crippen LogP contribution in [-0.4, -0.2) is 14.3 Å². The highest BCUT2D eigenvalue weighted by Gasteiger charge is 2.31. The number of carbonyl (C=O) groups is 1. The third-order valence-corrected chi connectivity index (χ3v) is 8.50. The molecular weight excluding hydrogens is 386 g/mol. The van der Waals surface area contributed by atoms with Gasteiger partial charge in [-0.3, -0.25) is 4.79 Å². The van der Waals surface area contributed by atoms with Gasteiger partial charge in [-0.05, 0) is 54.8 Å². The fourth-order valence-corrected chi connectivity index (χ4v) is 7.11. The van der Waals surface area contributed by atoms with Gasteiger partial charge in [0.05, 0.1) is 9.77 Å². The molecule has 0 saturated carbocycles. The molecule has 1 amide bonds. The Bertz CT molecular complexity index is 1040. The molecule has 2 aromatic heterocycles. The van der Waals surface area contributed by atoms with E-state index in [9.17, 15) is 13.2 Å². The highest BCUT2D eigenvalue weighted by molar-refractivity contribution is 7.92. The third-order valence-electron chi connectivity index (χ3n) is 4.42. The minimum atomic E-state index is -3.68. The molecule has 2 heterocycles. The van der Waals surface area contributed by atoms with E-state index in [2.05, 4.69) is 5.32 Å². The quantitative estimate of drug-likeness (QED) is 0.682. The molecule has 0 bridgehead atoms. The van der Waals surface area contributed by atoms with Gasteiger partial charge in [0.1, 0.15) is 9.90 Å². The van der Waals surface area contributed by atoms with Gasteiger partial charge in [-0.15, -0.1) is 22.7 Å². The lowest BCUT2D eigenvalue weighted by Gasteiger charge is -2.13. The molecule has 1 aromatic carbocycles. The number of rotatable bonds is 4. The molecule has 0 saturated heterocycles. The molecular formula is C19H17NO3S3. The molecule has 4 nitrogen and oxygen atoms in total. The van der Waals surface area contributed by atoms with Gasteiger partial charge in [-0.2, -0.15) is 0 Å². The summed E-state index contributed by atoms with van der Waals surface area (Å²) in [7, 11) is -3.68. The summed E-state index contributed by atoms with van der Waals surface area (Å²) < 4.78 is 26.6. The number of aryl methyl sites for hydroxylation is 1. The van der Waals surface area contributed by atoms with Gasteiger partial charge in [0.2, 0.25) is 9.84 Å². The maximum absolute atomic E-state index is 13.3. The predicted molar refractivity (Wildman–Crippen MR) is 105 cm³/mol. The molecule has 1 aliphatic rings. The van der Waals surface area contributed by atoms with E-state index in [0.717, 1.165) is 36.1 Å². The molecule has 3 aromatic rings. The minimum absolute atomic E-state index is 0.261. The summed E-state index contributed by atoms with van der Waals surface area (Å²) in [6.07, 6.45) is 3.63. The first-order valence-corrected chi connectivity index (χ1v) is 11.5. The van der Waals surface area contributed by atoms with E-state index in [1.54, 1.807) is 42.5 Å². The van der Waals surface area contributed by atoms with Crippen LogP contribution in [-0.2, 0) is 22.7 Å². The maximum Gasteiger partial charge on any atom is 0.266 e. The molecule has 0 atom stereocenters. The summed E-state index contributed by atoms with van der Waals surface area (Å²) >= 11 is 2.74. The van der Waals surface area contributed by atoms with E-state index >= 15 is 0 Å². The molecule has 0 radical (unpaired) electrons. The number of hydrogen-bond acceptors (Lipinski definition) is 5. The van der Waals surface area contributed by atoms with Gasteiger partial charge in [-0.1, -0.05) is 24.3 Å². The lowest BCUT2D eigenvalue weighted by atomic mass is 9.99. The van der Waals surface area contributed by atoms with Crippen LogP contribution < -0.4 is 5.32 Å². The second-order valence-electron chi connectivity index (χ2n) is 6.12. The summed E-state index contributed by atoms with van der Waals surface area (Å²) in [5.41, 5.74) is 0.881. The number of sulfone groups is 1. The summed E-state index contributed by atoms with van der Waals surface area (Å²) in [5.74, 6) is -0.261. The SMILES string of the molecule is O=C(Nc1sc2c(c1S(=O)(=O)c1ccccc1)CCCC2)c1cccs1. The van der Waals surface area contributed by atoms with Crippen molar-refractivity contribution in [3.63, 3.8) is 0 Å². The lowest BCUT2D eigenvalue weighted by Crippen LogP contribution is -2.13. The number of anilines is 1. The van der Waals surface area contributed by atoms with E-state index in [1.807, 2.05) is 5.38 Å². The van der Waals surface area contributed by atoms with Gasteiger partial charge >= 0.3 is 0 Å². The zero-order chi connectivity index (χ0) is 18.1. The minimum Gasteiger partial charge on any atom is -0.312 e. The van der Waals surface area contributed by atoms with Crippen molar-refractivity contribution in [1.82, 2.24) is 0 Å². The van der Waals surface area contributed by atoms with Crippen LogP contribution in [0.5, 0.6) is 0 Å². The molecule has 0 unspecified atom stereocenters. The van der Waals surface area contributed by atoms with E-state index < -0.39 is 9.84 Å². The van der Waals surface area contributed by atoms with E-state index in [0.29, 0.717) is 9.88 Å². The number of benzene rings is 1. The average Bonchev–Trinajstić information content (AvgIpc) is 3.30.